The summed E-state index contributed by atoms with van der Waals surface area (Å²) in [5, 5.41) is 2.10. The molecule has 0 fully saturated rings. The van der Waals surface area contributed by atoms with Crippen LogP contribution >= 0.6 is 0 Å². The fourth-order valence-corrected chi connectivity index (χ4v) is 2.56. The van der Waals surface area contributed by atoms with Crippen molar-refractivity contribution in [3.8, 4) is 5.69 Å². The summed E-state index contributed by atoms with van der Waals surface area (Å²) in [4.78, 5) is 12.7. The Labute approximate surface area is 118 Å². The van der Waals surface area contributed by atoms with Crippen LogP contribution in [0.3, 0.4) is 0 Å². The van der Waals surface area contributed by atoms with E-state index < -0.39 is 0 Å². The van der Waals surface area contributed by atoms with E-state index in [0.29, 0.717) is 0 Å². The smallest absolute Gasteiger partial charge is 0.258 e. The van der Waals surface area contributed by atoms with Gasteiger partial charge in [0.25, 0.3) is 5.56 Å². The molecule has 1 aliphatic carbocycles. The van der Waals surface area contributed by atoms with Crippen molar-refractivity contribution in [2.24, 2.45) is 0 Å². The second kappa shape index (κ2) is 5.33. The molecule has 1 heterocycles. The van der Waals surface area contributed by atoms with E-state index in [1.807, 2.05) is 47.9 Å². The van der Waals surface area contributed by atoms with Gasteiger partial charge >= 0.3 is 0 Å². The van der Waals surface area contributed by atoms with Crippen LogP contribution in [0.5, 0.6) is 0 Å². The van der Waals surface area contributed by atoms with Gasteiger partial charge in [-0.05, 0) is 36.3 Å². The SMILES string of the molecule is CCc1cc2c(n(-c3ccccc3)c1=O)=CCC=CC=2. The molecule has 20 heavy (non-hydrogen) atoms. The molecule has 2 heteroatoms. The lowest BCUT2D eigenvalue weighted by atomic mass is 10.1. The summed E-state index contributed by atoms with van der Waals surface area (Å²) < 4.78 is 1.83. The first-order valence-corrected chi connectivity index (χ1v) is 6.98. The third-order valence-electron chi connectivity index (χ3n) is 3.60. The molecule has 1 aromatic carbocycles. The predicted octanol–water partition coefficient (Wildman–Crippen LogP) is 1.92. The van der Waals surface area contributed by atoms with Gasteiger partial charge in [0.15, 0.2) is 0 Å². The first kappa shape index (κ1) is 12.7. The highest BCUT2D eigenvalue weighted by Gasteiger charge is 2.07. The first-order valence-electron chi connectivity index (χ1n) is 6.98. The Hall–Kier alpha value is -2.35. The third-order valence-corrected chi connectivity index (χ3v) is 3.60. The van der Waals surface area contributed by atoms with Crippen molar-refractivity contribution in [1.82, 2.24) is 4.57 Å². The van der Waals surface area contributed by atoms with E-state index in [0.717, 1.165) is 34.7 Å². The molecule has 0 spiro atoms. The van der Waals surface area contributed by atoms with Crippen LogP contribution in [0.2, 0.25) is 0 Å². The van der Waals surface area contributed by atoms with Crippen molar-refractivity contribution in [3.05, 3.63) is 75.0 Å². The summed E-state index contributed by atoms with van der Waals surface area (Å²) in [6, 6.07) is 11.9. The molecule has 1 aromatic heterocycles. The number of para-hydroxylation sites is 1. The average molecular weight is 263 g/mol. The van der Waals surface area contributed by atoms with Gasteiger partial charge in [-0.2, -0.15) is 0 Å². The maximum Gasteiger partial charge on any atom is 0.258 e. The Bertz CT molecular complexity index is 826. The number of hydrogen-bond donors (Lipinski definition) is 0. The Balaban J connectivity index is 2.46. The fraction of sp³-hybridized carbons (Fsp3) is 0.167. The van der Waals surface area contributed by atoms with Crippen molar-refractivity contribution in [3.63, 3.8) is 0 Å². The summed E-state index contributed by atoms with van der Waals surface area (Å²) >= 11 is 0. The second-order valence-electron chi connectivity index (χ2n) is 4.87. The van der Waals surface area contributed by atoms with Crippen LogP contribution in [-0.4, -0.2) is 4.57 Å². The molecule has 0 atom stereocenters. The van der Waals surface area contributed by atoms with Gasteiger partial charge in [0.2, 0.25) is 0 Å². The predicted molar refractivity (Wildman–Crippen MR) is 83.4 cm³/mol. The molecule has 0 radical (unpaired) electrons. The van der Waals surface area contributed by atoms with Gasteiger partial charge in [-0.25, -0.2) is 0 Å². The number of allylic oxidation sites excluding steroid dienone is 2. The number of aromatic nitrogens is 1. The summed E-state index contributed by atoms with van der Waals surface area (Å²) in [5.41, 5.74) is 1.87. The van der Waals surface area contributed by atoms with Crippen molar-refractivity contribution < 1.29 is 0 Å². The van der Waals surface area contributed by atoms with Crippen molar-refractivity contribution in [2.75, 3.05) is 0 Å². The Kier molecular flexibility index (Phi) is 3.38. The molecule has 0 bridgehead atoms. The largest absolute Gasteiger partial charge is 0.277 e. The lowest BCUT2D eigenvalue weighted by Crippen LogP contribution is -2.43. The second-order valence-corrected chi connectivity index (χ2v) is 4.87. The number of nitrogens with zero attached hydrogens (tertiary/aromatic N) is 1. The van der Waals surface area contributed by atoms with Crippen LogP contribution in [0.4, 0.5) is 0 Å². The van der Waals surface area contributed by atoms with Crippen molar-refractivity contribution in [2.45, 2.75) is 19.8 Å². The number of fused-ring (bicyclic) bond motifs is 1. The lowest BCUT2D eigenvalue weighted by molar-refractivity contribution is 0.895. The molecule has 0 saturated heterocycles. The summed E-state index contributed by atoms with van der Waals surface area (Å²) in [6.45, 7) is 2.02. The standard InChI is InChI=1S/C18H17NO/c1-2-14-13-15-9-5-3-8-12-17(15)19(18(14)20)16-10-6-4-7-11-16/h3-7,9-13H,2,8H2,1H3. The summed E-state index contributed by atoms with van der Waals surface area (Å²) in [5.74, 6) is 0. The van der Waals surface area contributed by atoms with E-state index in [2.05, 4.69) is 24.3 Å². The molecule has 1 aliphatic rings. The van der Waals surface area contributed by atoms with Gasteiger partial charge in [-0.1, -0.05) is 49.4 Å². The maximum atomic E-state index is 12.7. The molecule has 0 amide bonds. The van der Waals surface area contributed by atoms with Crippen LogP contribution < -0.4 is 16.1 Å². The van der Waals surface area contributed by atoms with Gasteiger partial charge in [0.1, 0.15) is 0 Å². The molecule has 2 nitrogen and oxygen atoms in total. The van der Waals surface area contributed by atoms with Crippen LogP contribution in [0.15, 0.2) is 53.3 Å². The Morgan fingerprint density at radius 1 is 1.20 bits per heavy atom. The Morgan fingerprint density at radius 3 is 2.75 bits per heavy atom. The highest BCUT2D eigenvalue weighted by Crippen LogP contribution is 2.02. The lowest BCUT2D eigenvalue weighted by Gasteiger charge is -2.10. The normalized spacial score (nSPS) is 13.1. The van der Waals surface area contributed by atoms with Crippen LogP contribution in [0.25, 0.3) is 17.8 Å². The highest BCUT2D eigenvalue weighted by molar-refractivity contribution is 5.46. The molecule has 2 aromatic rings. The monoisotopic (exact) mass is 263 g/mol. The quantitative estimate of drug-likeness (QED) is 0.811. The fourth-order valence-electron chi connectivity index (χ4n) is 2.56. The number of hydrogen-bond acceptors (Lipinski definition) is 1. The van der Waals surface area contributed by atoms with Crippen LogP contribution in [0.1, 0.15) is 18.9 Å². The zero-order valence-electron chi connectivity index (χ0n) is 11.5. The third kappa shape index (κ3) is 2.14. The van der Waals surface area contributed by atoms with E-state index in [1.54, 1.807) is 0 Å². The molecule has 0 N–H and O–H groups in total. The maximum absolute atomic E-state index is 12.7. The number of benzene rings is 1. The minimum Gasteiger partial charge on any atom is -0.277 e. The van der Waals surface area contributed by atoms with Crippen molar-refractivity contribution in [1.29, 1.82) is 0 Å². The zero-order chi connectivity index (χ0) is 13.9. The highest BCUT2D eigenvalue weighted by atomic mass is 16.1. The Morgan fingerprint density at radius 2 is 2.00 bits per heavy atom. The molecule has 0 unspecified atom stereocenters. The topological polar surface area (TPSA) is 22.0 Å². The van der Waals surface area contributed by atoms with Gasteiger partial charge in [0, 0.05) is 11.3 Å². The zero-order valence-corrected chi connectivity index (χ0v) is 11.5. The number of rotatable bonds is 2. The average Bonchev–Trinajstić information content (AvgIpc) is 2.72. The van der Waals surface area contributed by atoms with E-state index in [9.17, 15) is 4.79 Å². The molecule has 100 valence electrons. The first-order chi connectivity index (χ1) is 9.81. The van der Waals surface area contributed by atoms with Crippen LogP contribution in [0, 0.1) is 0 Å². The van der Waals surface area contributed by atoms with Gasteiger partial charge < -0.3 is 0 Å². The number of pyridine rings is 1. The summed E-state index contributed by atoms with van der Waals surface area (Å²) in [7, 11) is 0. The minimum atomic E-state index is 0.0870. The summed E-state index contributed by atoms with van der Waals surface area (Å²) in [6.07, 6.45) is 9.95. The van der Waals surface area contributed by atoms with Gasteiger partial charge in [0.05, 0.1) is 5.35 Å². The molecule has 3 rings (SSSR count). The van der Waals surface area contributed by atoms with E-state index >= 15 is 0 Å². The minimum absolute atomic E-state index is 0.0870. The molecule has 0 aliphatic heterocycles. The van der Waals surface area contributed by atoms with E-state index in [-0.39, 0.29) is 5.56 Å². The molecular weight excluding hydrogens is 246 g/mol. The van der Waals surface area contributed by atoms with Crippen molar-refractivity contribution >= 4 is 12.2 Å². The van der Waals surface area contributed by atoms with Crippen LogP contribution in [-0.2, 0) is 6.42 Å². The number of aryl methyl sites for hydroxylation is 1. The molecular formula is C18H17NO. The van der Waals surface area contributed by atoms with E-state index in [4.69, 9.17) is 0 Å². The molecule has 0 saturated carbocycles. The van der Waals surface area contributed by atoms with Gasteiger partial charge in [-0.3, -0.25) is 9.36 Å². The van der Waals surface area contributed by atoms with Gasteiger partial charge in [-0.15, -0.1) is 0 Å². The van der Waals surface area contributed by atoms with E-state index in [1.165, 1.54) is 0 Å².